The lowest BCUT2D eigenvalue weighted by Crippen LogP contribution is -2.27. The number of nitrogens with one attached hydrogen (secondary N) is 1. The van der Waals surface area contributed by atoms with Gasteiger partial charge >= 0.3 is 0 Å². The summed E-state index contributed by atoms with van der Waals surface area (Å²) >= 11 is 3.42. The molecular weight excluding hydrogens is 308 g/mol. The van der Waals surface area contributed by atoms with Gasteiger partial charge in [0.25, 0.3) is 0 Å². The molecule has 0 bridgehead atoms. The van der Waals surface area contributed by atoms with Crippen LogP contribution in [-0.2, 0) is 11.3 Å². The molecule has 0 radical (unpaired) electrons. The Balaban J connectivity index is 1.84. The van der Waals surface area contributed by atoms with E-state index in [2.05, 4.69) is 31.3 Å². The summed E-state index contributed by atoms with van der Waals surface area (Å²) in [6.45, 7) is 2.51. The third kappa shape index (κ3) is 4.17. The number of aryl methyl sites for hydroxylation is 1. The molecule has 1 atom stereocenters. The molecule has 1 aromatic heterocycles. The molecule has 100 valence electrons. The zero-order valence-electron chi connectivity index (χ0n) is 10.6. The molecular formula is C13H15BrN4O. The van der Waals surface area contributed by atoms with Crippen molar-refractivity contribution in [1.29, 1.82) is 0 Å². The molecule has 0 aliphatic carbocycles. The van der Waals surface area contributed by atoms with Gasteiger partial charge < -0.3 is 5.32 Å². The number of aromatic nitrogens is 3. The van der Waals surface area contributed by atoms with Crippen LogP contribution >= 0.6 is 15.9 Å². The third-order valence-corrected chi connectivity index (χ3v) is 3.25. The van der Waals surface area contributed by atoms with Crippen LogP contribution in [0.2, 0.25) is 0 Å². The summed E-state index contributed by atoms with van der Waals surface area (Å²) in [5.74, 6) is 0.00276. The van der Waals surface area contributed by atoms with E-state index in [1.807, 2.05) is 31.2 Å². The normalized spacial score (nSPS) is 12.1. The smallest absolute Gasteiger partial charge is 0.222 e. The summed E-state index contributed by atoms with van der Waals surface area (Å²) in [6.07, 6.45) is 3.45. The fourth-order valence-electron chi connectivity index (χ4n) is 1.74. The monoisotopic (exact) mass is 322 g/mol. The zero-order valence-corrected chi connectivity index (χ0v) is 12.2. The largest absolute Gasteiger partial charge is 0.350 e. The first-order chi connectivity index (χ1) is 9.15. The summed E-state index contributed by atoms with van der Waals surface area (Å²) in [7, 11) is 0. The second-order valence-corrected chi connectivity index (χ2v) is 5.17. The van der Waals surface area contributed by atoms with Gasteiger partial charge in [-0.2, -0.15) is 5.10 Å². The standard InChI is InChI=1S/C13H15BrN4O/c1-10(11-3-2-4-12(14)7-11)17-13(19)5-6-18-9-15-8-16-18/h2-4,7-10H,5-6H2,1H3,(H,17,19)/t10-/m1/s1. The predicted octanol–water partition coefficient (Wildman–Crippen LogP) is 2.31. The SMILES string of the molecule is C[C@@H](NC(=O)CCn1cncn1)c1cccc(Br)c1. The Morgan fingerprint density at radius 3 is 3.05 bits per heavy atom. The molecule has 2 aromatic rings. The van der Waals surface area contributed by atoms with Gasteiger partial charge in [0.1, 0.15) is 12.7 Å². The van der Waals surface area contributed by atoms with Crippen LogP contribution in [0.3, 0.4) is 0 Å². The molecule has 0 spiro atoms. The number of halogens is 1. The van der Waals surface area contributed by atoms with Crippen molar-refractivity contribution >= 4 is 21.8 Å². The van der Waals surface area contributed by atoms with Gasteiger partial charge in [0.05, 0.1) is 12.6 Å². The Bertz CT molecular complexity index is 541. The minimum Gasteiger partial charge on any atom is -0.350 e. The lowest BCUT2D eigenvalue weighted by atomic mass is 10.1. The summed E-state index contributed by atoms with van der Waals surface area (Å²) in [5.41, 5.74) is 1.07. The van der Waals surface area contributed by atoms with E-state index in [1.54, 1.807) is 11.0 Å². The van der Waals surface area contributed by atoms with E-state index in [0.29, 0.717) is 13.0 Å². The van der Waals surface area contributed by atoms with Gasteiger partial charge in [-0.15, -0.1) is 0 Å². The highest BCUT2D eigenvalue weighted by molar-refractivity contribution is 9.10. The Morgan fingerprint density at radius 1 is 1.53 bits per heavy atom. The van der Waals surface area contributed by atoms with Crippen molar-refractivity contribution in [3.05, 3.63) is 47.0 Å². The average molecular weight is 323 g/mol. The van der Waals surface area contributed by atoms with Gasteiger partial charge in [-0.05, 0) is 24.6 Å². The topological polar surface area (TPSA) is 59.8 Å². The zero-order chi connectivity index (χ0) is 13.7. The molecule has 5 nitrogen and oxygen atoms in total. The molecule has 0 saturated carbocycles. The maximum absolute atomic E-state index is 11.8. The first kappa shape index (κ1) is 13.7. The Hall–Kier alpha value is -1.69. The van der Waals surface area contributed by atoms with E-state index < -0.39 is 0 Å². The fraction of sp³-hybridized carbons (Fsp3) is 0.308. The second kappa shape index (κ2) is 6.47. The Morgan fingerprint density at radius 2 is 2.37 bits per heavy atom. The van der Waals surface area contributed by atoms with Crippen LogP contribution in [-0.4, -0.2) is 20.7 Å². The molecule has 1 N–H and O–H groups in total. The van der Waals surface area contributed by atoms with Crippen LogP contribution in [0.1, 0.15) is 24.9 Å². The quantitative estimate of drug-likeness (QED) is 0.918. The molecule has 0 fully saturated rings. The minimum atomic E-state index is -0.0132. The average Bonchev–Trinajstić information content (AvgIpc) is 2.89. The number of rotatable bonds is 5. The van der Waals surface area contributed by atoms with Gasteiger partial charge in [-0.3, -0.25) is 9.48 Å². The molecule has 1 heterocycles. The lowest BCUT2D eigenvalue weighted by Gasteiger charge is -2.14. The molecule has 0 unspecified atom stereocenters. The number of hydrogen-bond acceptors (Lipinski definition) is 3. The van der Waals surface area contributed by atoms with Gasteiger partial charge in [0, 0.05) is 10.9 Å². The number of nitrogens with zero attached hydrogens (tertiary/aromatic N) is 3. The van der Waals surface area contributed by atoms with E-state index in [0.717, 1.165) is 10.0 Å². The second-order valence-electron chi connectivity index (χ2n) is 4.25. The molecule has 1 aromatic carbocycles. The molecule has 0 aliphatic heterocycles. The summed E-state index contributed by atoms with van der Waals surface area (Å²) < 4.78 is 2.65. The van der Waals surface area contributed by atoms with Crippen molar-refractivity contribution in [3.8, 4) is 0 Å². The van der Waals surface area contributed by atoms with Crippen molar-refractivity contribution < 1.29 is 4.79 Å². The molecule has 2 rings (SSSR count). The van der Waals surface area contributed by atoms with Gasteiger partial charge in [0.2, 0.25) is 5.91 Å². The molecule has 19 heavy (non-hydrogen) atoms. The van der Waals surface area contributed by atoms with E-state index in [-0.39, 0.29) is 11.9 Å². The van der Waals surface area contributed by atoms with Crippen LogP contribution in [0, 0.1) is 0 Å². The maximum Gasteiger partial charge on any atom is 0.222 e. The van der Waals surface area contributed by atoms with Gasteiger partial charge in [-0.1, -0.05) is 28.1 Å². The number of amides is 1. The van der Waals surface area contributed by atoms with Crippen LogP contribution in [0.5, 0.6) is 0 Å². The van der Waals surface area contributed by atoms with Crippen LogP contribution in [0.25, 0.3) is 0 Å². The highest BCUT2D eigenvalue weighted by atomic mass is 79.9. The molecule has 0 saturated heterocycles. The van der Waals surface area contributed by atoms with Crippen LogP contribution in [0.4, 0.5) is 0 Å². The van der Waals surface area contributed by atoms with Gasteiger partial charge in [0.15, 0.2) is 0 Å². The Kier molecular flexibility index (Phi) is 4.68. The number of hydrogen-bond donors (Lipinski definition) is 1. The first-order valence-electron chi connectivity index (χ1n) is 6.02. The maximum atomic E-state index is 11.8. The summed E-state index contributed by atoms with van der Waals surface area (Å²) in [4.78, 5) is 15.7. The van der Waals surface area contributed by atoms with Crippen molar-refractivity contribution in [2.45, 2.75) is 25.9 Å². The number of carbonyl (C=O) groups excluding carboxylic acids is 1. The fourth-order valence-corrected chi connectivity index (χ4v) is 2.15. The molecule has 6 heteroatoms. The number of benzene rings is 1. The molecule has 1 amide bonds. The Labute approximate surface area is 120 Å². The van der Waals surface area contributed by atoms with Gasteiger partial charge in [-0.25, -0.2) is 4.98 Å². The van der Waals surface area contributed by atoms with Crippen molar-refractivity contribution in [1.82, 2.24) is 20.1 Å². The van der Waals surface area contributed by atoms with E-state index in [1.165, 1.54) is 6.33 Å². The van der Waals surface area contributed by atoms with E-state index in [9.17, 15) is 4.79 Å². The predicted molar refractivity (Wildman–Crippen MR) is 75.3 cm³/mol. The van der Waals surface area contributed by atoms with Crippen molar-refractivity contribution in [3.63, 3.8) is 0 Å². The molecule has 0 aliphatic rings. The third-order valence-electron chi connectivity index (χ3n) is 2.76. The lowest BCUT2D eigenvalue weighted by molar-refractivity contribution is -0.122. The minimum absolute atomic E-state index is 0.00276. The van der Waals surface area contributed by atoms with Crippen LogP contribution < -0.4 is 5.32 Å². The van der Waals surface area contributed by atoms with E-state index >= 15 is 0 Å². The highest BCUT2D eigenvalue weighted by Crippen LogP contribution is 2.17. The van der Waals surface area contributed by atoms with E-state index in [4.69, 9.17) is 0 Å². The summed E-state index contributed by atoms with van der Waals surface area (Å²) in [6, 6.07) is 7.90. The highest BCUT2D eigenvalue weighted by Gasteiger charge is 2.09. The van der Waals surface area contributed by atoms with Crippen LogP contribution in [0.15, 0.2) is 41.4 Å². The first-order valence-corrected chi connectivity index (χ1v) is 6.81. The van der Waals surface area contributed by atoms with Crippen molar-refractivity contribution in [2.75, 3.05) is 0 Å². The number of carbonyl (C=O) groups is 1. The summed E-state index contributed by atoms with van der Waals surface area (Å²) in [5, 5.41) is 6.92. The van der Waals surface area contributed by atoms with Crippen molar-refractivity contribution in [2.24, 2.45) is 0 Å².